The van der Waals surface area contributed by atoms with Gasteiger partial charge in [0.25, 0.3) is 0 Å². The molecule has 0 spiro atoms. The maximum Gasteiger partial charge on any atom is 0.328 e. The molecule has 20 heavy (non-hydrogen) atoms. The van der Waals surface area contributed by atoms with E-state index in [1.165, 1.54) is 6.08 Å². The standard InChI is InChI=1S/C15H10ClIO3/c16-13-2-1-3-14(12(13)8-9-15(18)19)20-11-6-4-10(17)5-7-11/h1-9H,(H,18,19)/b9-8+. The Bertz CT molecular complexity index is 651. The molecule has 2 aromatic carbocycles. The molecular formula is C15H10ClIO3. The zero-order chi connectivity index (χ0) is 14.5. The second-order valence-corrected chi connectivity index (χ2v) is 5.53. The molecule has 0 amide bonds. The molecule has 0 fully saturated rings. The van der Waals surface area contributed by atoms with Crippen LogP contribution in [0.5, 0.6) is 11.5 Å². The summed E-state index contributed by atoms with van der Waals surface area (Å²) in [7, 11) is 0. The van der Waals surface area contributed by atoms with Crippen molar-refractivity contribution in [1.82, 2.24) is 0 Å². The Morgan fingerprint density at radius 1 is 1.20 bits per heavy atom. The number of hydrogen-bond acceptors (Lipinski definition) is 2. The second-order valence-electron chi connectivity index (χ2n) is 3.88. The average molecular weight is 401 g/mol. The van der Waals surface area contributed by atoms with Gasteiger partial charge in [-0.05, 0) is 65.1 Å². The third kappa shape index (κ3) is 3.98. The van der Waals surface area contributed by atoms with Crippen LogP contribution in [0.3, 0.4) is 0 Å². The number of hydrogen-bond donors (Lipinski definition) is 1. The van der Waals surface area contributed by atoms with Crippen molar-refractivity contribution in [1.29, 1.82) is 0 Å². The van der Waals surface area contributed by atoms with E-state index in [-0.39, 0.29) is 0 Å². The lowest BCUT2D eigenvalue weighted by Crippen LogP contribution is -1.90. The summed E-state index contributed by atoms with van der Waals surface area (Å²) in [4.78, 5) is 10.6. The molecule has 0 aliphatic heterocycles. The Morgan fingerprint density at radius 2 is 1.90 bits per heavy atom. The monoisotopic (exact) mass is 400 g/mol. The molecule has 2 rings (SSSR count). The fourth-order valence-electron chi connectivity index (χ4n) is 1.55. The first-order valence-corrected chi connectivity index (χ1v) is 7.15. The van der Waals surface area contributed by atoms with Crippen molar-refractivity contribution in [3.8, 4) is 11.5 Å². The van der Waals surface area contributed by atoms with Gasteiger partial charge in [0.05, 0.1) is 5.02 Å². The fraction of sp³-hybridized carbons (Fsp3) is 0. The highest BCUT2D eigenvalue weighted by atomic mass is 127. The number of carbonyl (C=O) groups is 1. The summed E-state index contributed by atoms with van der Waals surface area (Å²) < 4.78 is 6.85. The molecule has 3 nitrogen and oxygen atoms in total. The predicted octanol–water partition coefficient (Wildman–Crippen LogP) is 4.83. The molecule has 0 saturated carbocycles. The van der Waals surface area contributed by atoms with Crippen LogP contribution in [0.15, 0.2) is 48.5 Å². The van der Waals surface area contributed by atoms with E-state index in [1.807, 2.05) is 24.3 Å². The number of rotatable bonds is 4. The first kappa shape index (κ1) is 14.9. The topological polar surface area (TPSA) is 46.5 Å². The van der Waals surface area contributed by atoms with Gasteiger partial charge in [0.2, 0.25) is 0 Å². The molecule has 0 saturated heterocycles. The van der Waals surface area contributed by atoms with Gasteiger partial charge < -0.3 is 9.84 Å². The Hall–Kier alpha value is -1.53. The van der Waals surface area contributed by atoms with Crippen LogP contribution in [0, 0.1) is 3.57 Å². The summed E-state index contributed by atoms with van der Waals surface area (Å²) in [6.45, 7) is 0. The number of carboxylic acid groups (broad SMARTS) is 1. The lowest BCUT2D eigenvalue weighted by molar-refractivity contribution is -0.131. The second kappa shape index (κ2) is 6.76. The lowest BCUT2D eigenvalue weighted by atomic mass is 10.2. The molecule has 0 radical (unpaired) electrons. The molecule has 2 aromatic rings. The van der Waals surface area contributed by atoms with Crippen molar-refractivity contribution >= 4 is 46.2 Å². The van der Waals surface area contributed by atoms with Gasteiger partial charge >= 0.3 is 5.97 Å². The maximum atomic E-state index is 10.6. The minimum Gasteiger partial charge on any atom is -0.478 e. The van der Waals surface area contributed by atoms with E-state index < -0.39 is 5.97 Å². The van der Waals surface area contributed by atoms with Crippen LogP contribution in [-0.2, 0) is 4.79 Å². The largest absolute Gasteiger partial charge is 0.478 e. The van der Waals surface area contributed by atoms with E-state index in [2.05, 4.69) is 22.6 Å². The Kier molecular flexibility index (Phi) is 5.03. The minimum atomic E-state index is -1.04. The van der Waals surface area contributed by atoms with Gasteiger partial charge in [-0.1, -0.05) is 17.7 Å². The van der Waals surface area contributed by atoms with E-state index in [0.717, 1.165) is 9.65 Å². The van der Waals surface area contributed by atoms with E-state index in [1.54, 1.807) is 18.2 Å². The zero-order valence-corrected chi connectivity index (χ0v) is 13.1. The summed E-state index contributed by atoms with van der Waals surface area (Å²) in [5.41, 5.74) is 0.537. The molecule has 102 valence electrons. The van der Waals surface area contributed by atoms with Crippen molar-refractivity contribution < 1.29 is 14.6 Å². The maximum absolute atomic E-state index is 10.6. The van der Waals surface area contributed by atoms with Gasteiger partial charge in [0.15, 0.2) is 0 Å². The molecule has 0 bridgehead atoms. The molecule has 0 aliphatic carbocycles. The summed E-state index contributed by atoms with van der Waals surface area (Å²) in [6.07, 6.45) is 2.45. The first-order valence-electron chi connectivity index (χ1n) is 5.69. The van der Waals surface area contributed by atoms with Gasteiger partial charge in [0.1, 0.15) is 11.5 Å². The summed E-state index contributed by atoms with van der Waals surface area (Å²) >= 11 is 8.29. The molecule has 1 N–H and O–H groups in total. The van der Waals surface area contributed by atoms with Crippen LogP contribution in [0.2, 0.25) is 5.02 Å². The van der Waals surface area contributed by atoms with E-state index in [9.17, 15) is 4.79 Å². The minimum absolute atomic E-state index is 0.436. The van der Waals surface area contributed by atoms with E-state index >= 15 is 0 Å². The third-order valence-corrected chi connectivity index (χ3v) is 3.50. The van der Waals surface area contributed by atoms with Crippen molar-refractivity contribution in [2.24, 2.45) is 0 Å². The number of benzene rings is 2. The molecular weight excluding hydrogens is 391 g/mol. The van der Waals surface area contributed by atoms with Gasteiger partial charge in [0, 0.05) is 15.2 Å². The van der Waals surface area contributed by atoms with Crippen LogP contribution in [0.25, 0.3) is 6.08 Å². The van der Waals surface area contributed by atoms with Crippen LogP contribution in [0.4, 0.5) is 0 Å². The third-order valence-electron chi connectivity index (χ3n) is 2.45. The van der Waals surface area contributed by atoms with Gasteiger partial charge in [-0.2, -0.15) is 0 Å². The first-order chi connectivity index (χ1) is 9.56. The molecule has 5 heteroatoms. The summed E-state index contributed by atoms with van der Waals surface area (Å²) in [5, 5.41) is 9.14. The highest BCUT2D eigenvalue weighted by molar-refractivity contribution is 14.1. The summed E-state index contributed by atoms with van der Waals surface area (Å²) in [5.74, 6) is 0.138. The number of carboxylic acids is 1. The van der Waals surface area contributed by atoms with E-state index in [4.69, 9.17) is 21.4 Å². The Labute approximate surface area is 135 Å². The van der Waals surface area contributed by atoms with Crippen molar-refractivity contribution in [2.75, 3.05) is 0 Å². The quantitative estimate of drug-likeness (QED) is 0.590. The van der Waals surface area contributed by atoms with Crippen LogP contribution in [0.1, 0.15) is 5.56 Å². The van der Waals surface area contributed by atoms with Gasteiger partial charge in [-0.25, -0.2) is 4.79 Å². The Morgan fingerprint density at radius 3 is 2.55 bits per heavy atom. The zero-order valence-electron chi connectivity index (χ0n) is 10.2. The lowest BCUT2D eigenvalue weighted by Gasteiger charge is -2.10. The number of halogens is 2. The molecule has 0 aromatic heterocycles. The fourth-order valence-corrected chi connectivity index (χ4v) is 2.14. The van der Waals surface area contributed by atoms with Crippen LogP contribution in [-0.4, -0.2) is 11.1 Å². The predicted molar refractivity (Wildman–Crippen MR) is 87.4 cm³/mol. The number of aliphatic carboxylic acids is 1. The molecule has 0 heterocycles. The van der Waals surface area contributed by atoms with Crippen molar-refractivity contribution in [3.05, 3.63) is 62.7 Å². The smallest absolute Gasteiger partial charge is 0.328 e. The van der Waals surface area contributed by atoms with Crippen LogP contribution >= 0.6 is 34.2 Å². The highest BCUT2D eigenvalue weighted by Crippen LogP contribution is 2.31. The number of ether oxygens (including phenoxy) is 1. The Balaban J connectivity index is 2.33. The van der Waals surface area contributed by atoms with E-state index in [0.29, 0.717) is 22.1 Å². The van der Waals surface area contributed by atoms with Gasteiger partial charge in [-0.15, -0.1) is 0 Å². The average Bonchev–Trinajstić information content (AvgIpc) is 2.40. The SMILES string of the molecule is O=C(O)/C=C/c1c(Cl)cccc1Oc1ccc(I)cc1. The molecule has 0 atom stereocenters. The molecule has 0 unspecified atom stereocenters. The van der Waals surface area contributed by atoms with Crippen molar-refractivity contribution in [2.45, 2.75) is 0 Å². The normalized spacial score (nSPS) is 10.7. The molecule has 0 aliphatic rings. The summed E-state index contributed by atoms with van der Waals surface area (Å²) in [6, 6.07) is 12.7. The van der Waals surface area contributed by atoms with Crippen LogP contribution < -0.4 is 4.74 Å². The van der Waals surface area contributed by atoms with Crippen molar-refractivity contribution in [3.63, 3.8) is 0 Å². The van der Waals surface area contributed by atoms with Gasteiger partial charge in [-0.3, -0.25) is 0 Å². The highest BCUT2D eigenvalue weighted by Gasteiger charge is 2.07.